The van der Waals surface area contributed by atoms with Crippen LogP contribution in [-0.2, 0) is 17.9 Å². The molecule has 0 radical (unpaired) electrons. The molecule has 3 aromatic rings. The molecule has 2 fully saturated rings. The number of likely N-dealkylation sites (tertiary alicyclic amines) is 2. The van der Waals surface area contributed by atoms with E-state index in [4.69, 9.17) is 0 Å². The van der Waals surface area contributed by atoms with Crippen molar-refractivity contribution in [3.63, 3.8) is 0 Å². The second kappa shape index (κ2) is 10.0. The Balaban J connectivity index is 1.41. The fourth-order valence-electron chi connectivity index (χ4n) is 5.55. The number of fused-ring (bicyclic) bond motifs is 1. The number of hydrogen-bond acceptors (Lipinski definition) is 3. The molecular weight excluding hydrogens is 443 g/mol. The van der Waals surface area contributed by atoms with E-state index in [0.717, 1.165) is 30.7 Å². The van der Waals surface area contributed by atoms with Crippen LogP contribution in [0.15, 0.2) is 60.9 Å². The normalized spacial score (nSPS) is 20.5. The molecule has 0 aliphatic carbocycles. The van der Waals surface area contributed by atoms with E-state index in [-0.39, 0.29) is 36.3 Å². The van der Waals surface area contributed by atoms with Gasteiger partial charge in [0, 0.05) is 49.6 Å². The lowest BCUT2D eigenvalue weighted by atomic mass is 9.95. The molecule has 35 heavy (non-hydrogen) atoms. The number of rotatable bonds is 5. The first-order chi connectivity index (χ1) is 17.0. The van der Waals surface area contributed by atoms with Crippen LogP contribution in [0.4, 0.5) is 4.39 Å². The fourth-order valence-corrected chi connectivity index (χ4v) is 5.55. The maximum absolute atomic E-state index is 14.4. The fraction of sp³-hybridized carbons (Fsp3) is 0.393. The average molecular weight is 475 g/mol. The SMILES string of the molecule is Cc1nccn1Cc1ccccc1C(=O)N1CC[C@H]2[C@H]1CCCCC(=O)N2Cc1ccccc1F. The van der Waals surface area contributed by atoms with E-state index in [9.17, 15) is 14.0 Å². The molecule has 0 bridgehead atoms. The number of imidazole rings is 1. The first-order valence-corrected chi connectivity index (χ1v) is 12.4. The maximum Gasteiger partial charge on any atom is 0.254 e. The zero-order chi connectivity index (χ0) is 24.4. The summed E-state index contributed by atoms with van der Waals surface area (Å²) >= 11 is 0. The molecule has 2 aliphatic heterocycles. The van der Waals surface area contributed by atoms with E-state index in [0.29, 0.717) is 37.1 Å². The number of amides is 2. The zero-order valence-corrected chi connectivity index (χ0v) is 20.1. The minimum atomic E-state index is -0.298. The Labute approximate surface area is 205 Å². The molecule has 5 rings (SSSR count). The van der Waals surface area contributed by atoms with Crippen molar-refractivity contribution < 1.29 is 14.0 Å². The van der Waals surface area contributed by atoms with Crippen LogP contribution in [0.1, 0.15) is 59.4 Å². The van der Waals surface area contributed by atoms with Crippen LogP contribution in [0.5, 0.6) is 0 Å². The van der Waals surface area contributed by atoms with Gasteiger partial charge < -0.3 is 14.4 Å². The standard InChI is InChI=1S/C28H31FN4O2/c1-20-30-15-17-31(20)18-21-8-2-4-10-23(21)28(35)32-16-14-26-25(32)12-6-7-13-27(34)33(26)19-22-9-3-5-11-24(22)29/h2-5,8-11,15,17,25-26H,6-7,12-14,16,18-19H2,1H3/t25-,26+/m1/s1. The van der Waals surface area contributed by atoms with Crippen molar-refractivity contribution in [2.45, 2.75) is 64.2 Å². The third kappa shape index (κ3) is 4.72. The molecule has 3 heterocycles. The molecule has 0 N–H and O–H groups in total. The van der Waals surface area contributed by atoms with E-state index in [1.165, 1.54) is 6.07 Å². The van der Waals surface area contributed by atoms with Gasteiger partial charge in [0.05, 0.1) is 12.1 Å². The van der Waals surface area contributed by atoms with Crippen LogP contribution >= 0.6 is 0 Å². The zero-order valence-electron chi connectivity index (χ0n) is 20.1. The molecular formula is C28H31FN4O2. The highest BCUT2D eigenvalue weighted by Crippen LogP contribution is 2.33. The van der Waals surface area contributed by atoms with Gasteiger partial charge in [-0.2, -0.15) is 0 Å². The van der Waals surface area contributed by atoms with Crippen molar-refractivity contribution in [3.8, 4) is 0 Å². The summed E-state index contributed by atoms with van der Waals surface area (Å²) in [5, 5.41) is 0. The summed E-state index contributed by atoms with van der Waals surface area (Å²) in [4.78, 5) is 35.1. The Kier molecular flexibility index (Phi) is 6.66. The Hall–Kier alpha value is -3.48. The molecule has 7 heteroatoms. The summed E-state index contributed by atoms with van der Waals surface area (Å²) in [5.74, 6) is 0.655. The van der Waals surface area contributed by atoms with Gasteiger partial charge in [0.15, 0.2) is 0 Å². The molecule has 0 spiro atoms. The first-order valence-electron chi connectivity index (χ1n) is 12.4. The smallest absolute Gasteiger partial charge is 0.254 e. The van der Waals surface area contributed by atoms with Crippen LogP contribution in [0, 0.1) is 12.7 Å². The topological polar surface area (TPSA) is 58.4 Å². The van der Waals surface area contributed by atoms with E-state index in [1.807, 2.05) is 51.8 Å². The summed E-state index contributed by atoms with van der Waals surface area (Å²) in [7, 11) is 0. The molecule has 0 unspecified atom stereocenters. The molecule has 2 amide bonds. The van der Waals surface area contributed by atoms with Crippen LogP contribution in [0.2, 0.25) is 0 Å². The Bertz CT molecular complexity index is 1220. The molecule has 6 nitrogen and oxygen atoms in total. The van der Waals surface area contributed by atoms with Crippen LogP contribution < -0.4 is 0 Å². The summed E-state index contributed by atoms with van der Waals surface area (Å²) < 4.78 is 16.5. The van der Waals surface area contributed by atoms with Crippen molar-refractivity contribution in [2.75, 3.05) is 6.54 Å². The van der Waals surface area contributed by atoms with Gasteiger partial charge in [0.2, 0.25) is 5.91 Å². The molecule has 2 aromatic carbocycles. The number of nitrogens with zero attached hydrogens (tertiary/aromatic N) is 4. The van der Waals surface area contributed by atoms with Crippen molar-refractivity contribution in [3.05, 3.63) is 89.3 Å². The molecule has 0 saturated carbocycles. The van der Waals surface area contributed by atoms with Crippen LogP contribution in [-0.4, -0.2) is 49.8 Å². The minimum absolute atomic E-state index is 0.00438. The average Bonchev–Trinajstić information content (AvgIpc) is 3.46. The van der Waals surface area contributed by atoms with Gasteiger partial charge in [0.1, 0.15) is 11.6 Å². The second-order valence-corrected chi connectivity index (χ2v) is 9.54. The second-order valence-electron chi connectivity index (χ2n) is 9.54. The highest BCUT2D eigenvalue weighted by Gasteiger charge is 2.42. The molecule has 182 valence electrons. The number of halogens is 1. The number of aromatic nitrogens is 2. The summed E-state index contributed by atoms with van der Waals surface area (Å²) in [6.07, 6.45) is 7.40. The van der Waals surface area contributed by atoms with E-state index >= 15 is 0 Å². The summed E-state index contributed by atoms with van der Waals surface area (Å²) in [6, 6.07) is 14.2. The van der Waals surface area contributed by atoms with Gasteiger partial charge in [-0.25, -0.2) is 9.37 Å². The lowest BCUT2D eigenvalue weighted by molar-refractivity contribution is -0.135. The Morgan fingerprint density at radius 1 is 1.00 bits per heavy atom. The number of aryl methyl sites for hydroxylation is 1. The largest absolute Gasteiger partial charge is 0.334 e. The number of benzene rings is 2. The molecule has 2 aliphatic rings. The number of hydrogen-bond donors (Lipinski definition) is 0. The predicted octanol–water partition coefficient (Wildman–Crippen LogP) is 4.56. The van der Waals surface area contributed by atoms with E-state index in [2.05, 4.69) is 4.98 Å². The van der Waals surface area contributed by atoms with Crippen molar-refractivity contribution >= 4 is 11.8 Å². The van der Waals surface area contributed by atoms with Gasteiger partial charge in [0.25, 0.3) is 5.91 Å². The first kappa shape index (κ1) is 23.3. The number of carbonyl (C=O) groups excluding carboxylic acids is 2. The van der Waals surface area contributed by atoms with Gasteiger partial charge in [-0.1, -0.05) is 42.8 Å². The maximum atomic E-state index is 14.4. The molecule has 2 saturated heterocycles. The van der Waals surface area contributed by atoms with Crippen molar-refractivity contribution in [1.29, 1.82) is 0 Å². The van der Waals surface area contributed by atoms with Crippen LogP contribution in [0.25, 0.3) is 0 Å². The lowest BCUT2D eigenvalue weighted by Gasteiger charge is -2.37. The van der Waals surface area contributed by atoms with Crippen molar-refractivity contribution in [1.82, 2.24) is 19.4 Å². The third-order valence-electron chi connectivity index (χ3n) is 7.44. The Morgan fingerprint density at radius 3 is 2.54 bits per heavy atom. The quantitative estimate of drug-likeness (QED) is 0.545. The van der Waals surface area contributed by atoms with Gasteiger partial charge in [-0.3, -0.25) is 9.59 Å². The van der Waals surface area contributed by atoms with Crippen molar-refractivity contribution in [2.24, 2.45) is 0 Å². The Morgan fingerprint density at radius 2 is 1.77 bits per heavy atom. The van der Waals surface area contributed by atoms with Gasteiger partial charge in [-0.05, 0) is 43.9 Å². The third-order valence-corrected chi connectivity index (χ3v) is 7.44. The molecule has 2 atom stereocenters. The number of carbonyl (C=O) groups is 2. The van der Waals surface area contributed by atoms with E-state index < -0.39 is 0 Å². The highest BCUT2D eigenvalue weighted by molar-refractivity contribution is 5.96. The summed E-state index contributed by atoms with van der Waals surface area (Å²) in [5.41, 5.74) is 2.16. The van der Waals surface area contributed by atoms with Gasteiger partial charge >= 0.3 is 0 Å². The van der Waals surface area contributed by atoms with Crippen LogP contribution in [0.3, 0.4) is 0 Å². The lowest BCUT2D eigenvalue weighted by Crippen LogP contribution is -2.50. The van der Waals surface area contributed by atoms with E-state index in [1.54, 1.807) is 24.4 Å². The predicted molar refractivity (Wildman–Crippen MR) is 131 cm³/mol. The summed E-state index contributed by atoms with van der Waals surface area (Å²) in [6.45, 7) is 3.36. The monoisotopic (exact) mass is 474 g/mol. The molecule has 1 aromatic heterocycles. The highest BCUT2D eigenvalue weighted by atomic mass is 19.1. The van der Waals surface area contributed by atoms with Gasteiger partial charge in [-0.15, -0.1) is 0 Å². The minimum Gasteiger partial charge on any atom is -0.334 e.